The van der Waals surface area contributed by atoms with Crippen LogP contribution in [0.25, 0.3) is 0 Å². The van der Waals surface area contributed by atoms with Crippen LogP contribution >= 0.6 is 0 Å². The van der Waals surface area contributed by atoms with Crippen LogP contribution in [-0.2, 0) is 0 Å². The molecule has 0 spiro atoms. The molecule has 0 aliphatic heterocycles. The molecule has 0 fully saturated rings. The van der Waals surface area contributed by atoms with Crippen molar-refractivity contribution in [3.63, 3.8) is 0 Å². The van der Waals surface area contributed by atoms with Gasteiger partial charge in [0.25, 0.3) is 0 Å². The van der Waals surface area contributed by atoms with Crippen LogP contribution in [0.3, 0.4) is 0 Å². The summed E-state index contributed by atoms with van der Waals surface area (Å²) in [7, 11) is 4.78. The van der Waals surface area contributed by atoms with E-state index in [2.05, 4.69) is 7.05 Å². The third kappa shape index (κ3) is 7.75. The van der Waals surface area contributed by atoms with Crippen LogP contribution in [0, 0.1) is 7.05 Å². The van der Waals surface area contributed by atoms with E-state index in [1.165, 1.54) is 11.9 Å². The maximum Gasteiger partial charge on any atom is 0.390 e. The molecule has 0 heterocycles. The molecule has 1 nitrogen and oxygen atoms in total. The van der Waals surface area contributed by atoms with Gasteiger partial charge in [-0.1, -0.05) is 0 Å². The van der Waals surface area contributed by atoms with E-state index in [-0.39, 0.29) is 6.54 Å². The number of nitrogens with zero attached hydrogens (tertiary/aromatic N) is 1. The average Bonchev–Trinajstić information content (AvgIpc) is 1.59. The van der Waals surface area contributed by atoms with Gasteiger partial charge in [0.15, 0.2) is 0 Å². The molecule has 0 saturated heterocycles. The molecule has 0 aromatic rings. The highest BCUT2D eigenvalue weighted by Crippen LogP contribution is 2.18. The number of hydrogen-bond acceptors (Lipinski definition) is 1. The summed E-state index contributed by atoms with van der Waals surface area (Å²) in [5.74, 6) is 0. The van der Waals surface area contributed by atoms with Crippen molar-refractivity contribution in [2.75, 3.05) is 13.6 Å². The van der Waals surface area contributed by atoms with Gasteiger partial charge in [-0.25, -0.2) is 0 Å². The van der Waals surface area contributed by atoms with E-state index in [4.69, 9.17) is 0 Å². The maximum absolute atomic E-state index is 11.4. The highest BCUT2D eigenvalue weighted by atomic mass is 19.4. The zero-order valence-corrected chi connectivity index (χ0v) is 5.20. The van der Waals surface area contributed by atoms with E-state index < -0.39 is 12.6 Å². The lowest BCUT2D eigenvalue weighted by Crippen LogP contribution is -2.18. The molecule has 0 bridgehead atoms. The molecular formula is C5H9F3N. The Labute approximate surface area is 52.5 Å². The molecule has 0 atom stereocenters. The first-order valence-electron chi connectivity index (χ1n) is 2.50. The fourth-order valence-corrected chi connectivity index (χ4v) is 0.318. The van der Waals surface area contributed by atoms with Crippen LogP contribution in [0.15, 0.2) is 0 Å². The monoisotopic (exact) mass is 140 g/mol. The van der Waals surface area contributed by atoms with Gasteiger partial charge in [0, 0.05) is 13.6 Å². The van der Waals surface area contributed by atoms with Crippen molar-refractivity contribution >= 4 is 0 Å². The summed E-state index contributed by atoms with van der Waals surface area (Å²) in [6, 6.07) is 0. The summed E-state index contributed by atoms with van der Waals surface area (Å²) in [4.78, 5) is 1.26. The van der Waals surface area contributed by atoms with Crippen molar-refractivity contribution in [2.45, 2.75) is 12.6 Å². The van der Waals surface area contributed by atoms with Crippen molar-refractivity contribution in [1.29, 1.82) is 0 Å². The van der Waals surface area contributed by atoms with Crippen molar-refractivity contribution in [1.82, 2.24) is 4.90 Å². The fraction of sp³-hybridized carbons (Fsp3) is 0.800. The second kappa shape index (κ2) is 3.06. The Morgan fingerprint density at radius 1 is 1.44 bits per heavy atom. The van der Waals surface area contributed by atoms with Gasteiger partial charge >= 0.3 is 6.18 Å². The lowest BCUT2D eigenvalue weighted by atomic mass is 10.4. The lowest BCUT2D eigenvalue weighted by Gasteiger charge is -2.10. The predicted molar refractivity (Wildman–Crippen MR) is 28.7 cm³/mol. The summed E-state index contributed by atoms with van der Waals surface area (Å²) < 4.78 is 34.1. The molecule has 0 aromatic carbocycles. The third-order valence-electron chi connectivity index (χ3n) is 0.777. The topological polar surface area (TPSA) is 3.24 Å². The second-order valence-corrected chi connectivity index (χ2v) is 1.94. The van der Waals surface area contributed by atoms with Crippen molar-refractivity contribution in [3.8, 4) is 0 Å². The van der Waals surface area contributed by atoms with Gasteiger partial charge in [-0.2, -0.15) is 13.2 Å². The quantitative estimate of drug-likeness (QED) is 0.563. The molecule has 0 aliphatic carbocycles. The first-order valence-corrected chi connectivity index (χ1v) is 2.50. The van der Waals surface area contributed by atoms with Crippen LogP contribution in [-0.4, -0.2) is 24.7 Å². The summed E-state index contributed by atoms with van der Waals surface area (Å²) >= 11 is 0. The number of hydrogen-bond donors (Lipinski definition) is 0. The standard InChI is InChI=1S/C5H9F3N/c1-9(2)4-3-5(6,7)8/h1,3-4H2,2H3. The largest absolute Gasteiger partial charge is 0.390 e. The minimum Gasteiger partial charge on any atom is -0.305 e. The first kappa shape index (κ1) is 8.75. The summed E-state index contributed by atoms with van der Waals surface area (Å²) in [5, 5.41) is 0. The summed E-state index contributed by atoms with van der Waals surface area (Å²) in [5.41, 5.74) is 0. The highest BCUT2D eigenvalue weighted by Gasteiger charge is 2.26. The SMILES string of the molecule is [CH2]N(C)CCC(F)(F)F. The van der Waals surface area contributed by atoms with Crippen molar-refractivity contribution in [2.24, 2.45) is 0 Å². The molecule has 0 rings (SSSR count). The molecule has 55 valence electrons. The van der Waals surface area contributed by atoms with Gasteiger partial charge in [0.2, 0.25) is 0 Å². The minimum absolute atomic E-state index is 0.0382. The molecule has 1 radical (unpaired) electrons. The van der Waals surface area contributed by atoms with Crippen LogP contribution in [0.4, 0.5) is 13.2 Å². The molecule has 0 aliphatic rings. The van der Waals surface area contributed by atoms with Crippen molar-refractivity contribution in [3.05, 3.63) is 7.05 Å². The number of rotatable bonds is 2. The average molecular weight is 140 g/mol. The van der Waals surface area contributed by atoms with E-state index in [1.54, 1.807) is 0 Å². The van der Waals surface area contributed by atoms with Crippen LogP contribution in [0.1, 0.15) is 6.42 Å². The van der Waals surface area contributed by atoms with Crippen LogP contribution in [0.2, 0.25) is 0 Å². The normalized spacial score (nSPS) is 12.7. The van der Waals surface area contributed by atoms with Gasteiger partial charge < -0.3 is 4.90 Å². The van der Waals surface area contributed by atoms with E-state index in [1.807, 2.05) is 0 Å². The Balaban J connectivity index is 3.28. The van der Waals surface area contributed by atoms with Crippen LogP contribution < -0.4 is 0 Å². The maximum atomic E-state index is 11.4. The Morgan fingerprint density at radius 2 is 1.89 bits per heavy atom. The van der Waals surface area contributed by atoms with E-state index in [0.29, 0.717) is 0 Å². The smallest absolute Gasteiger partial charge is 0.305 e. The van der Waals surface area contributed by atoms with Crippen LogP contribution in [0.5, 0.6) is 0 Å². The molecular weight excluding hydrogens is 131 g/mol. The highest BCUT2D eigenvalue weighted by molar-refractivity contribution is 4.54. The minimum atomic E-state index is -4.05. The zero-order chi connectivity index (χ0) is 7.49. The van der Waals surface area contributed by atoms with E-state index in [9.17, 15) is 13.2 Å². The number of halogens is 3. The molecule has 4 heteroatoms. The molecule has 0 aromatic heterocycles. The Bertz CT molecular complexity index is 76.8. The van der Waals surface area contributed by atoms with Crippen molar-refractivity contribution < 1.29 is 13.2 Å². The fourth-order valence-electron chi connectivity index (χ4n) is 0.318. The third-order valence-corrected chi connectivity index (χ3v) is 0.777. The second-order valence-electron chi connectivity index (χ2n) is 1.94. The Morgan fingerprint density at radius 3 is 2.00 bits per heavy atom. The Hall–Kier alpha value is -0.250. The number of alkyl halides is 3. The lowest BCUT2D eigenvalue weighted by molar-refractivity contribution is -0.136. The van der Waals surface area contributed by atoms with Gasteiger partial charge in [-0.3, -0.25) is 0 Å². The molecule has 0 saturated carbocycles. The Kier molecular flexibility index (Phi) is 2.97. The zero-order valence-electron chi connectivity index (χ0n) is 5.20. The molecule has 0 N–H and O–H groups in total. The molecule has 9 heavy (non-hydrogen) atoms. The first-order chi connectivity index (χ1) is 3.92. The van der Waals surface area contributed by atoms with Gasteiger partial charge in [-0.15, -0.1) is 0 Å². The van der Waals surface area contributed by atoms with Gasteiger partial charge in [0.1, 0.15) is 0 Å². The molecule has 0 amide bonds. The van der Waals surface area contributed by atoms with E-state index >= 15 is 0 Å². The van der Waals surface area contributed by atoms with E-state index in [0.717, 1.165) is 0 Å². The van der Waals surface area contributed by atoms with Gasteiger partial charge in [-0.05, 0) is 7.05 Å². The summed E-state index contributed by atoms with van der Waals surface area (Å²) in [6.45, 7) is -0.0382. The molecule has 0 unspecified atom stereocenters. The predicted octanol–water partition coefficient (Wildman–Crippen LogP) is 1.66. The van der Waals surface area contributed by atoms with Gasteiger partial charge in [0.05, 0.1) is 6.42 Å². The summed E-state index contributed by atoms with van der Waals surface area (Å²) in [6.07, 6.45) is -4.83.